The van der Waals surface area contributed by atoms with E-state index in [0.29, 0.717) is 17.1 Å². The SMILES string of the molecule is O=C(CC(NC(=O)c1ccccc1Cl)c1ccccc1)NCc1cnn(-c2ccccc2)c1. The van der Waals surface area contributed by atoms with Crippen molar-refractivity contribution < 1.29 is 9.59 Å². The Morgan fingerprint density at radius 2 is 1.58 bits per heavy atom. The monoisotopic (exact) mass is 458 g/mol. The normalized spacial score (nSPS) is 11.5. The molecule has 0 bridgehead atoms. The second-order valence-electron chi connectivity index (χ2n) is 7.53. The standard InChI is InChI=1S/C26H23ClN4O2/c27-23-14-8-7-13-22(23)26(33)30-24(20-9-3-1-4-10-20)15-25(32)28-16-19-17-29-31(18-19)21-11-5-2-6-12-21/h1-14,17-18,24H,15-16H2,(H,28,32)(H,30,33). The maximum absolute atomic E-state index is 12.8. The van der Waals surface area contributed by atoms with Crippen LogP contribution in [0.4, 0.5) is 0 Å². The Labute approximate surface area is 197 Å². The van der Waals surface area contributed by atoms with E-state index in [-0.39, 0.29) is 18.2 Å². The van der Waals surface area contributed by atoms with Crippen molar-refractivity contribution in [3.05, 3.63) is 119 Å². The minimum Gasteiger partial charge on any atom is -0.352 e. The second-order valence-corrected chi connectivity index (χ2v) is 7.93. The number of hydrogen-bond donors (Lipinski definition) is 2. The second kappa shape index (κ2) is 10.6. The number of hydrogen-bond acceptors (Lipinski definition) is 3. The van der Waals surface area contributed by atoms with E-state index in [1.165, 1.54) is 0 Å². The van der Waals surface area contributed by atoms with E-state index in [1.807, 2.05) is 66.9 Å². The van der Waals surface area contributed by atoms with Gasteiger partial charge in [0.15, 0.2) is 0 Å². The van der Waals surface area contributed by atoms with Crippen molar-refractivity contribution in [1.29, 1.82) is 0 Å². The lowest BCUT2D eigenvalue weighted by atomic mass is 10.0. The fourth-order valence-electron chi connectivity index (χ4n) is 3.45. The number of nitrogens with one attached hydrogen (secondary N) is 2. The van der Waals surface area contributed by atoms with Crippen molar-refractivity contribution in [3.8, 4) is 5.69 Å². The number of carbonyl (C=O) groups is 2. The number of benzene rings is 3. The quantitative estimate of drug-likeness (QED) is 0.401. The van der Waals surface area contributed by atoms with Gasteiger partial charge in [0.25, 0.3) is 5.91 Å². The van der Waals surface area contributed by atoms with Crippen molar-refractivity contribution in [2.75, 3.05) is 0 Å². The third-order valence-electron chi connectivity index (χ3n) is 5.16. The highest BCUT2D eigenvalue weighted by molar-refractivity contribution is 6.33. The summed E-state index contributed by atoms with van der Waals surface area (Å²) >= 11 is 6.17. The van der Waals surface area contributed by atoms with Crippen LogP contribution in [-0.4, -0.2) is 21.6 Å². The minimum atomic E-state index is -0.498. The third-order valence-corrected chi connectivity index (χ3v) is 5.49. The molecule has 3 aromatic carbocycles. The molecule has 0 radical (unpaired) electrons. The molecule has 0 saturated carbocycles. The van der Waals surface area contributed by atoms with E-state index >= 15 is 0 Å². The fourth-order valence-corrected chi connectivity index (χ4v) is 3.67. The number of aromatic nitrogens is 2. The topological polar surface area (TPSA) is 76.0 Å². The van der Waals surface area contributed by atoms with Gasteiger partial charge in [-0.15, -0.1) is 0 Å². The lowest BCUT2D eigenvalue weighted by Gasteiger charge is -2.19. The molecule has 6 nitrogen and oxygen atoms in total. The molecule has 7 heteroatoms. The average molecular weight is 459 g/mol. The zero-order valence-corrected chi connectivity index (χ0v) is 18.6. The maximum atomic E-state index is 12.8. The molecule has 0 aliphatic rings. The Hall–Kier alpha value is -3.90. The summed E-state index contributed by atoms with van der Waals surface area (Å²) in [5.74, 6) is -0.512. The number of rotatable bonds is 8. The van der Waals surface area contributed by atoms with Gasteiger partial charge in [0.2, 0.25) is 5.91 Å². The van der Waals surface area contributed by atoms with E-state index in [4.69, 9.17) is 11.6 Å². The van der Waals surface area contributed by atoms with Crippen molar-refractivity contribution in [2.24, 2.45) is 0 Å². The molecule has 2 amide bonds. The van der Waals surface area contributed by atoms with Crippen LogP contribution in [0.1, 0.15) is 33.9 Å². The van der Waals surface area contributed by atoms with Crippen LogP contribution >= 0.6 is 11.6 Å². The van der Waals surface area contributed by atoms with Crippen molar-refractivity contribution >= 4 is 23.4 Å². The molecule has 1 atom stereocenters. The zero-order valence-electron chi connectivity index (χ0n) is 17.8. The smallest absolute Gasteiger partial charge is 0.253 e. The Morgan fingerprint density at radius 3 is 2.30 bits per heavy atom. The van der Waals surface area contributed by atoms with Gasteiger partial charge in [-0.1, -0.05) is 72.3 Å². The van der Waals surface area contributed by atoms with Crippen LogP contribution in [-0.2, 0) is 11.3 Å². The van der Waals surface area contributed by atoms with E-state index in [9.17, 15) is 9.59 Å². The van der Waals surface area contributed by atoms with Gasteiger partial charge in [0, 0.05) is 18.3 Å². The van der Waals surface area contributed by atoms with Gasteiger partial charge in [-0.3, -0.25) is 9.59 Å². The highest BCUT2D eigenvalue weighted by Crippen LogP contribution is 2.20. The predicted molar refractivity (Wildman–Crippen MR) is 128 cm³/mol. The van der Waals surface area contributed by atoms with E-state index in [2.05, 4.69) is 15.7 Å². The lowest BCUT2D eigenvalue weighted by Crippen LogP contribution is -2.33. The highest BCUT2D eigenvalue weighted by atomic mass is 35.5. The number of carbonyl (C=O) groups excluding carboxylic acids is 2. The molecule has 33 heavy (non-hydrogen) atoms. The van der Waals surface area contributed by atoms with Crippen LogP contribution < -0.4 is 10.6 Å². The summed E-state index contributed by atoms with van der Waals surface area (Å²) in [6, 6.07) is 25.5. The molecule has 166 valence electrons. The Bertz CT molecular complexity index is 1230. The van der Waals surface area contributed by atoms with Crippen LogP contribution in [0.15, 0.2) is 97.3 Å². The predicted octanol–water partition coefficient (Wildman–Crippen LogP) is 4.70. The molecule has 1 unspecified atom stereocenters. The number of nitrogens with zero attached hydrogens (tertiary/aromatic N) is 2. The summed E-state index contributed by atoms with van der Waals surface area (Å²) in [7, 11) is 0. The van der Waals surface area contributed by atoms with Crippen molar-refractivity contribution in [1.82, 2.24) is 20.4 Å². The van der Waals surface area contributed by atoms with Crippen molar-refractivity contribution in [3.63, 3.8) is 0 Å². The van der Waals surface area contributed by atoms with Gasteiger partial charge in [-0.05, 0) is 29.8 Å². The number of para-hydroxylation sites is 1. The molecule has 0 spiro atoms. The van der Waals surface area contributed by atoms with Crippen LogP contribution in [0.5, 0.6) is 0 Å². The largest absolute Gasteiger partial charge is 0.352 e. The summed E-state index contributed by atoms with van der Waals surface area (Å²) in [5, 5.41) is 10.6. The average Bonchev–Trinajstić information content (AvgIpc) is 3.33. The van der Waals surface area contributed by atoms with Crippen molar-refractivity contribution in [2.45, 2.75) is 19.0 Å². The Balaban J connectivity index is 1.41. The molecule has 1 heterocycles. The molecule has 4 aromatic rings. The molecule has 0 saturated heterocycles. The first-order valence-electron chi connectivity index (χ1n) is 10.6. The highest BCUT2D eigenvalue weighted by Gasteiger charge is 2.20. The minimum absolute atomic E-state index is 0.0903. The summed E-state index contributed by atoms with van der Waals surface area (Å²) in [6.45, 7) is 0.339. The van der Waals surface area contributed by atoms with Gasteiger partial charge in [-0.2, -0.15) is 5.10 Å². The number of amides is 2. The van der Waals surface area contributed by atoms with Gasteiger partial charge < -0.3 is 10.6 Å². The molecular formula is C26H23ClN4O2. The van der Waals surface area contributed by atoms with E-state index in [1.54, 1.807) is 35.1 Å². The molecule has 0 fully saturated rings. The van der Waals surface area contributed by atoms with E-state index in [0.717, 1.165) is 16.8 Å². The number of halogens is 1. The Morgan fingerprint density at radius 1 is 0.909 bits per heavy atom. The third kappa shape index (κ3) is 5.87. The first-order valence-corrected chi connectivity index (χ1v) is 10.9. The van der Waals surface area contributed by atoms with E-state index < -0.39 is 6.04 Å². The van der Waals surface area contributed by atoms with Crippen LogP contribution in [0.2, 0.25) is 5.02 Å². The summed E-state index contributed by atoms with van der Waals surface area (Å²) in [4.78, 5) is 25.6. The summed E-state index contributed by atoms with van der Waals surface area (Å²) in [6.07, 6.45) is 3.69. The Kier molecular flexibility index (Phi) is 7.17. The molecule has 1 aromatic heterocycles. The zero-order chi connectivity index (χ0) is 23.0. The lowest BCUT2D eigenvalue weighted by molar-refractivity contribution is -0.121. The molecule has 2 N–H and O–H groups in total. The first kappa shape index (κ1) is 22.3. The molecular weight excluding hydrogens is 436 g/mol. The first-order chi connectivity index (χ1) is 16.1. The van der Waals surface area contributed by atoms with Crippen LogP contribution in [0.3, 0.4) is 0 Å². The van der Waals surface area contributed by atoms with Crippen LogP contribution in [0.25, 0.3) is 5.69 Å². The van der Waals surface area contributed by atoms with Crippen LogP contribution in [0, 0.1) is 0 Å². The maximum Gasteiger partial charge on any atom is 0.253 e. The van der Waals surface area contributed by atoms with Gasteiger partial charge >= 0.3 is 0 Å². The summed E-state index contributed by atoms with van der Waals surface area (Å²) < 4.78 is 1.76. The van der Waals surface area contributed by atoms with Gasteiger partial charge in [0.1, 0.15) is 0 Å². The summed E-state index contributed by atoms with van der Waals surface area (Å²) in [5.41, 5.74) is 3.03. The molecule has 0 aliphatic carbocycles. The van der Waals surface area contributed by atoms with Gasteiger partial charge in [0.05, 0.1) is 34.9 Å². The fraction of sp³-hybridized carbons (Fsp3) is 0.115. The molecule has 4 rings (SSSR count). The van der Waals surface area contributed by atoms with Gasteiger partial charge in [-0.25, -0.2) is 4.68 Å². The molecule has 0 aliphatic heterocycles.